The minimum absolute atomic E-state index is 0.0909. The Balaban J connectivity index is 1.62. The maximum Gasteiger partial charge on any atom is 0.221 e. The van der Waals surface area contributed by atoms with Crippen molar-refractivity contribution in [3.63, 3.8) is 0 Å². The predicted molar refractivity (Wildman–Crippen MR) is 88.3 cm³/mol. The summed E-state index contributed by atoms with van der Waals surface area (Å²) in [5, 5.41) is 11.0. The second-order valence-corrected chi connectivity index (χ2v) is 5.71. The maximum atomic E-state index is 11.8. The predicted octanol–water partition coefficient (Wildman–Crippen LogP) is 3.65. The van der Waals surface area contributed by atoms with Crippen molar-refractivity contribution in [1.82, 2.24) is 20.3 Å². The molecule has 0 saturated carbocycles. The summed E-state index contributed by atoms with van der Waals surface area (Å²) in [7, 11) is 0. The lowest BCUT2D eigenvalue weighted by atomic mass is 10.1. The normalized spacial score (nSPS) is 11.0. The topological polar surface area (TPSA) is 59.8 Å². The molecule has 0 radical (unpaired) electrons. The Morgan fingerprint density at radius 2 is 1.82 bits per heavy atom. The van der Waals surface area contributed by atoms with Gasteiger partial charge in [0.05, 0.1) is 5.52 Å². The van der Waals surface area contributed by atoms with Crippen molar-refractivity contribution in [3.8, 4) is 0 Å². The molecule has 0 fully saturated rings. The molecule has 2 rings (SSSR count). The third-order valence-electron chi connectivity index (χ3n) is 3.85. The van der Waals surface area contributed by atoms with E-state index in [9.17, 15) is 4.79 Å². The zero-order valence-electron chi connectivity index (χ0n) is 13.4. The molecular formula is C17H26N4O. The van der Waals surface area contributed by atoms with Crippen LogP contribution in [0.4, 0.5) is 0 Å². The monoisotopic (exact) mass is 302 g/mol. The molecule has 0 aliphatic rings. The molecule has 0 spiro atoms. The summed E-state index contributed by atoms with van der Waals surface area (Å²) in [6.45, 7) is 2.61. The van der Waals surface area contributed by atoms with E-state index in [2.05, 4.69) is 22.6 Å². The SMILES string of the molecule is CCCCCCCCCC(=O)NCn1nnc2ccccc21. The summed E-state index contributed by atoms with van der Waals surface area (Å²) >= 11 is 0. The third kappa shape index (κ3) is 5.13. The van der Waals surface area contributed by atoms with Gasteiger partial charge in [0.25, 0.3) is 0 Å². The zero-order valence-corrected chi connectivity index (χ0v) is 13.4. The van der Waals surface area contributed by atoms with Crippen LogP contribution in [0.1, 0.15) is 58.3 Å². The van der Waals surface area contributed by atoms with Crippen LogP contribution in [0, 0.1) is 0 Å². The first kappa shape index (κ1) is 16.5. The minimum Gasteiger partial charge on any atom is -0.337 e. The van der Waals surface area contributed by atoms with E-state index >= 15 is 0 Å². The van der Waals surface area contributed by atoms with E-state index in [-0.39, 0.29) is 5.91 Å². The molecule has 1 aromatic heterocycles. The highest BCUT2D eigenvalue weighted by Crippen LogP contribution is 2.10. The molecule has 0 unspecified atom stereocenters. The van der Waals surface area contributed by atoms with Gasteiger partial charge in [0.15, 0.2) is 0 Å². The van der Waals surface area contributed by atoms with E-state index in [4.69, 9.17) is 0 Å². The number of fused-ring (bicyclic) bond motifs is 1. The Labute approximate surface area is 132 Å². The van der Waals surface area contributed by atoms with E-state index in [0.717, 1.165) is 23.9 Å². The maximum absolute atomic E-state index is 11.8. The van der Waals surface area contributed by atoms with E-state index in [1.807, 2.05) is 24.3 Å². The van der Waals surface area contributed by atoms with Crippen molar-refractivity contribution in [2.24, 2.45) is 0 Å². The molecule has 120 valence electrons. The quantitative estimate of drug-likeness (QED) is 0.682. The first-order chi connectivity index (χ1) is 10.8. The third-order valence-corrected chi connectivity index (χ3v) is 3.85. The van der Waals surface area contributed by atoms with Crippen LogP contribution in [0.25, 0.3) is 11.0 Å². The van der Waals surface area contributed by atoms with Crippen molar-refractivity contribution in [2.75, 3.05) is 0 Å². The van der Waals surface area contributed by atoms with Crippen LogP contribution in [0.15, 0.2) is 24.3 Å². The number of para-hydroxylation sites is 1. The van der Waals surface area contributed by atoms with E-state index in [0.29, 0.717) is 13.1 Å². The second-order valence-electron chi connectivity index (χ2n) is 5.71. The largest absolute Gasteiger partial charge is 0.337 e. The Morgan fingerprint density at radius 1 is 1.09 bits per heavy atom. The van der Waals surface area contributed by atoms with Gasteiger partial charge in [-0.2, -0.15) is 0 Å². The standard InChI is InChI=1S/C17H26N4O/c1-2-3-4-5-6-7-8-13-17(22)18-14-21-16-12-10-9-11-15(16)19-20-21/h9-12H,2-8,13-14H2,1H3,(H,18,22). The number of aromatic nitrogens is 3. The smallest absolute Gasteiger partial charge is 0.221 e. The number of hydrogen-bond acceptors (Lipinski definition) is 3. The Hall–Kier alpha value is -1.91. The molecule has 1 heterocycles. The number of benzene rings is 1. The van der Waals surface area contributed by atoms with Crippen molar-refractivity contribution >= 4 is 16.9 Å². The summed E-state index contributed by atoms with van der Waals surface area (Å²) in [5.41, 5.74) is 1.79. The van der Waals surface area contributed by atoms with Crippen molar-refractivity contribution < 1.29 is 4.79 Å². The average molecular weight is 302 g/mol. The number of unbranched alkanes of at least 4 members (excludes halogenated alkanes) is 6. The summed E-state index contributed by atoms with van der Waals surface area (Å²) in [5.74, 6) is 0.0909. The zero-order chi connectivity index (χ0) is 15.6. The molecule has 0 aliphatic heterocycles. The van der Waals surface area contributed by atoms with Crippen molar-refractivity contribution in [1.29, 1.82) is 0 Å². The highest BCUT2D eigenvalue weighted by molar-refractivity contribution is 5.76. The van der Waals surface area contributed by atoms with Gasteiger partial charge in [0.1, 0.15) is 12.2 Å². The molecule has 5 nitrogen and oxygen atoms in total. The molecule has 0 atom stereocenters. The molecular weight excluding hydrogens is 276 g/mol. The first-order valence-electron chi connectivity index (χ1n) is 8.36. The minimum atomic E-state index is 0.0909. The number of nitrogens with one attached hydrogen (secondary N) is 1. The fraction of sp³-hybridized carbons (Fsp3) is 0.588. The fourth-order valence-electron chi connectivity index (χ4n) is 2.53. The van der Waals surface area contributed by atoms with Crippen LogP contribution >= 0.6 is 0 Å². The summed E-state index contributed by atoms with van der Waals surface area (Å²) < 4.78 is 1.72. The summed E-state index contributed by atoms with van der Waals surface area (Å²) in [4.78, 5) is 11.8. The summed E-state index contributed by atoms with van der Waals surface area (Å²) in [6, 6.07) is 7.75. The number of hydrogen-bond donors (Lipinski definition) is 1. The molecule has 22 heavy (non-hydrogen) atoms. The van der Waals surface area contributed by atoms with Gasteiger partial charge in [-0.05, 0) is 18.6 Å². The fourth-order valence-corrected chi connectivity index (χ4v) is 2.53. The number of carbonyl (C=O) groups is 1. The molecule has 5 heteroatoms. The Morgan fingerprint density at radius 3 is 2.64 bits per heavy atom. The van der Waals surface area contributed by atoms with E-state index < -0.39 is 0 Å². The lowest BCUT2D eigenvalue weighted by molar-refractivity contribution is -0.121. The Kier molecular flexibility index (Phi) is 6.87. The average Bonchev–Trinajstić information content (AvgIpc) is 2.95. The van der Waals surface area contributed by atoms with Gasteiger partial charge in [-0.25, -0.2) is 4.68 Å². The Bertz CT molecular complexity index is 579. The van der Waals surface area contributed by atoms with Crippen molar-refractivity contribution in [2.45, 2.75) is 65.0 Å². The highest BCUT2D eigenvalue weighted by Gasteiger charge is 2.05. The van der Waals surface area contributed by atoms with Gasteiger partial charge in [-0.3, -0.25) is 4.79 Å². The molecule has 2 aromatic rings. The van der Waals surface area contributed by atoms with E-state index in [1.54, 1.807) is 4.68 Å². The number of rotatable bonds is 10. The lowest BCUT2D eigenvalue weighted by Crippen LogP contribution is -2.26. The molecule has 0 bridgehead atoms. The van der Waals surface area contributed by atoms with Crippen LogP contribution < -0.4 is 5.32 Å². The molecule has 1 aromatic carbocycles. The van der Waals surface area contributed by atoms with Gasteiger partial charge in [-0.1, -0.05) is 62.8 Å². The van der Waals surface area contributed by atoms with Gasteiger partial charge >= 0.3 is 0 Å². The van der Waals surface area contributed by atoms with Crippen LogP contribution in [0.3, 0.4) is 0 Å². The second kappa shape index (κ2) is 9.18. The molecule has 0 aliphatic carbocycles. The number of carbonyl (C=O) groups excluding carboxylic acids is 1. The van der Waals surface area contributed by atoms with Gasteiger partial charge in [0.2, 0.25) is 5.91 Å². The highest BCUT2D eigenvalue weighted by atomic mass is 16.1. The van der Waals surface area contributed by atoms with Crippen LogP contribution in [-0.2, 0) is 11.5 Å². The lowest BCUT2D eigenvalue weighted by Gasteiger charge is -2.06. The van der Waals surface area contributed by atoms with E-state index in [1.165, 1.54) is 32.1 Å². The number of nitrogens with zero attached hydrogens (tertiary/aromatic N) is 3. The first-order valence-corrected chi connectivity index (χ1v) is 8.36. The van der Waals surface area contributed by atoms with Gasteiger partial charge in [0, 0.05) is 6.42 Å². The summed E-state index contributed by atoms with van der Waals surface area (Å²) in [6.07, 6.45) is 9.16. The molecule has 1 N–H and O–H groups in total. The molecule has 1 amide bonds. The van der Waals surface area contributed by atoms with Crippen molar-refractivity contribution in [3.05, 3.63) is 24.3 Å². The molecule has 0 saturated heterocycles. The van der Waals surface area contributed by atoms with Crippen LogP contribution in [0.5, 0.6) is 0 Å². The van der Waals surface area contributed by atoms with Gasteiger partial charge < -0.3 is 5.32 Å². The van der Waals surface area contributed by atoms with Crippen LogP contribution in [-0.4, -0.2) is 20.9 Å². The van der Waals surface area contributed by atoms with Gasteiger partial charge in [-0.15, -0.1) is 5.10 Å². The number of amides is 1. The van der Waals surface area contributed by atoms with Crippen LogP contribution in [0.2, 0.25) is 0 Å².